The Balaban J connectivity index is 2.16. The molecule has 2 amide bonds. The van der Waals surface area contributed by atoms with Gasteiger partial charge in [0.05, 0.1) is 12.1 Å². The number of carbonyl (C=O) groups is 3. The molecule has 4 nitrogen and oxygen atoms in total. The van der Waals surface area contributed by atoms with Gasteiger partial charge in [-0.3, -0.25) is 19.3 Å². The van der Waals surface area contributed by atoms with Gasteiger partial charge in [-0.05, 0) is 12.1 Å². The zero-order valence-corrected chi connectivity index (χ0v) is 10.5. The van der Waals surface area contributed by atoms with Crippen LogP contribution in [0.25, 0.3) is 0 Å². The van der Waals surface area contributed by atoms with Gasteiger partial charge in [0.1, 0.15) is 11.6 Å². The van der Waals surface area contributed by atoms with Gasteiger partial charge in [0, 0.05) is 18.2 Å². The molecule has 1 aromatic carbocycles. The molecule has 0 bridgehead atoms. The van der Waals surface area contributed by atoms with Gasteiger partial charge in [0.25, 0.3) is 5.24 Å². The molecule has 2 rings (SSSR count). The van der Waals surface area contributed by atoms with E-state index in [4.69, 9.17) is 0 Å². The highest BCUT2D eigenvalue weighted by molar-refractivity contribution is 8.13. The van der Waals surface area contributed by atoms with E-state index >= 15 is 0 Å². The molecule has 0 spiro atoms. The molecule has 1 aromatic rings. The van der Waals surface area contributed by atoms with Crippen molar-refractivity contribution in [3.63, 3.8) is 0 Å². The van der Waals surface area contributed by atoms with Gasteiger partial charge in [0.2, 0.25) is 5.91 Å². The molecule has 1 aliphatic rings. The molecule has 0 unspecified atom stereocenters. The Hall–Kier alpha value is -1.76. The summed E-state index contributed by atoms with van der Waals surface area (Å²) in [6.07, 6.45) is 0.162. The lowest BCUT2D eigenvalue weighted by Gasteiger charge is -2.23. The molecule has 0 saturated carbocycles. The van der Waals surface area contributed by atoms with Gasteiger partial charge < -0.3 is 0 Å². The fourth-order valence-electron chi connectivity index (χ4n) is 1.64. The Morgan fingerprint density at radius 3 is 2.68 bits per heavy atom. The third-order valence-corrected chi connectivity index (χ3v) is 3.47. The molecule has 0 radical (unpaired) electrons. The number of benzene rings is 1. The van der Waals surface area contributed by atoms with E-state index in [0.717, 1.165) is 28.8 Å². The van der Waals surface area contributed by atoms with Crippen LogP contribution in [0.15, 0.2) is 18.2 Å². The number of rotatable bonds is 3. The van der Waals surface area contributed by atoms with Crippen molar-refractivity contribution < 1.29 is 23.2 Å². The van der Waals surface area contributed by atoms with Crippen molar-refractivity contribution in [3.05, 3.63) is 35.4 Å². The Kier molecular flexibility index (Phi) is 3.94. The molecular formula is C12H9F2NO3S. The zero-order chi connectivity index (χ0) is 14.0. The van der Waals surface area contributed by atoms with Gasteiger partial charge in [0.15, 0.2) is 5.78 Å². The van der Waals surface area contributed by atoms with Crippen molar-refractivity contribution >= 4 is 28.7 Å². The monoisotopic (exact) mass is 285 g/mol. The van der Waals surface area contributed by atoms with E-state index in [0.29, 0.717) is 11.8 Å². The van der Waals surface area contributed by atoms with Crippen LogP contribution in [-0.2, 0) is 4.79 Å². The second kappa shape index (κ2) is 5.48. The zero-order valence-electron chi connectivity index (χ0n) is 9.69. The van der Waals surface area contributed by atoms with Crippen molar-refractivity contribution in [1.29, 1.82) is 0 Å². The third kappa shape index (κ3) is 2.98. The third-order valence-electron chi connectivity index (χ3n) is 2.60. The number of imide groups is 1. The highest BCUT2D eigenvalue weighted by atomic mass is 32.2. The van der Waals surface area contributed by atoms with Crippen LogP contribution in [0.2, 0.25) is 0 Å². The first-order valence-electron chi connectivity index (χ1n) is 5.44. The average Bonchev–Trinajstić information content (AvgIpc) is 2.33. The Morgan fingerprint density at radius 1 is 1.32 bits per heavy atom. The Bertz CT molecular complexity index is 546. The maximum absolute atomic E-state index is 13.4. The lowest BCUT2D eigenvalue weighted by atomic mass is 10.1. The summed E-state index contributed by atoms with van der Waals surface area (Å²) in [5.74, 6) is -2.61. The highest BCUT2D eigenvalue weighted by Gasteiger charge is 2.29. The van der Waals surface area contributed by atoms with Crippen LogP contribution < -0.4 is 0 Å². The summed E-state index contributed by atoms with van der Waals surface area (Å²) in [5.41, 5.74) is -0.336. The van der Waals surface area contributed by atoms with E-state index in [1.807, 2.05) is 0 Å². The number of hydrogen-bond acceptors (Lipinski definition) is 4. The van der Waals surface area contributed by atoms with Crippen LogP contribution in [0.4, 0.5) is 13.6 Å². The van der Waals surface area contributed by atoms with Gasteiger partial charge in [-0.2, -0.15) is 0 Å². The normalized spacial score (nSPS) is 15.8. The van der Waals surface area contributed by atoms with Crippen LogP contribution in [0.3, 0.4) is 0 Å². The van der Waals surface area contributed by atoms with Crippen LogP contribution in [0.1, 0.15) is 16.8 Å². The molecule has 0 atom stereocenters. The highest BCUT2D eigenvalue weighted by Crippen LogP contribution is 2.19. The standard InChI is InChI=1S/C12H9F2NO3S/c13-7-1-2-8(9(14)5-7)10(16)6-15-11(17)3-4-19-12(15)18/h1-2,5H,3-4,6H2. The van der Waals surface area contributed by atoms with Crippen molar-refractivity contribution in [1.82, 2.24) is 4.90 Å². The Labute approximate surface area is 111 Å². The SMILES string of the molecule is O=C(CN1C(=O)CCSC1=O)c1ccc(F)cc1F. The molecule has 1 heterocycles. The summed E-state index contributed by atoms with van der Waals surface area (Å²) >= 11 is 0.934. The first-order valence-corrected chi connectivity index (χ1v) is 6.43. The van der Waals surface area contributed by atoms with E-state index in [2.05, 4.69) is 0 Å². The molecule has 7 heteroatoms. The summed E-state index contributed by atoms with van der Waals surface area (Å²) in [6.45, 7) is -0.521. The second-order valence-electron chi connectivity index (χ2n) is 3.89. The number of ketones is 1. The lowest BCUT2D eigenvalue weighted by molar-refractivity contribution is -0.127. The van der Waals surface area contributed by atoms with Crippen molar-refractivity contribution in [2.75, 3.05) is 12.3 Å². The minimum absolute atomic E-state index is 0.162. The van der Waals surface area contributed by atoms with Crippen LogP contribution in [0.5, 0.6) is 0 Å². The molecule has 100 valence electrons. The molecular weight excluding hydrogens is 276 g/mol. The quantitative estimate of drug-likeness (QED) is 0.799. The van der Waals surface area contributed by atoms with E-state index in [9.17, 15) is 23.2 Å². The number of hydrogen-bond donors (Lipinski definition) is 0. The molecule has 1 fully saturated rings. The topological polar surface area (TPSA) is 54.5 Å². The second-order valence-corrected chi connectivity index (χ2v) is 4.94. The maximum atomic E-state index is 13.4. The number of nitrogens with zero attached hydrogens (tertiary/aromatic N) is 1. The number of carbonyl (C=O) groups excluding carboxylic acids is 3. The minimum atomic E-state index is -1.01. The van der Waals surface area contributed by atoms with Crippen molar-refractivity contribution in [3.8, 4) is 0 Å². The van der Waals surface area contributed by atoms with E-state index in [-0.39, 0.29) is 12.0 Å². The molecule has 19 heavy (non-hydrogen) atoms. The number of halogens is 2. The minimum Gasteiger partial charge on any atom is -0.292 e. The summed E-state index contributed by atoms with van der Waals surface area (Å²) < 4.78 is 26.1. The van der Waals surface area contributed by atoms with Gasteiger partial charge in [-0.1, -0.05) is 11.8 Å². The van der Waals surface area contributed by atoms with Gasteiger partial charge in [-0.15, -0.1) is 0 Å². The number of thioether (sulfide) groups is 1. The predicted molar refractivity (Wildman–Crippen MR) is 64.9 cm³/mol. The molecule has 1 aliphatic heterocycles. The molecule has 0 aliphatic carbocycles. The van der Waals surface area contributed by atoms with Crippen LogP contribution in [0, 0.1) is 11.6 Å². The molecule has 0 aromatic heterocycles. The summed E-state index contributed by atoms with van der Waals surface area (Å²) in [4.78, 5) is 35.6. The predicted octanol–water partition coefficient (Wildman–Crippen LogP) is 2.23. The average molecular weight is 285 g/mol. The fourth-order valence-corrected chi connectivity index (χ4v) is 2.41. The summed E-state index contributed by atoms with van der Waals surface area (Å²) in [5, 5.41) is -0.521. The maximum Gasteiger partial charge on any atom is 0.288 e. The first kappa shape index (κ1) is 13.7. The summed E-state index contributed by atoms with van der Waals surface area (Å²) in [7, 11) is 0. The first-order chi connectivity index (χ1) is 8.99. The van der Waals surface area contributed by atoms with E-state index in [1.54, 1.807) is 0 Å². The number of amides is 2. The molecule has 0 N–H and O–H groups in total. The number of Topliss-reactive ketones (excluding diaryl/α,β-unsaturated/α-hetero) is 1. The molecule has 1 saturated heterocycles. The fraction of sp³-hybridized carbons (Fsp3) is 0.250. The Morgan fingerprint density at radius 2 is 2.05 bits per heavy atom. The van der Waals surface area contributed by atoms with Crippen LogP contribution >= 0.6 is 11.8 Å². The van der Waals surface area contributed by atoms with Crippen LogP contribution in [-0.4, -0.2) is 34.1 Å². The van der Waals surface area contributed by atoms with Crippen molar-refractivity contribution in [2.24, 2.45) is 0 Å². The van der Waals surface area contributed by atoms with E-state index in [1.165, 1.54) is 0 Å². The van der Waals surface area contributed by atoms with Crippen molar-refractivity contribution in [2.45, 2.75) is 6.42 Å². The van der Waals surface area contributed by atoms with E-state index < -0.39 is 35.1 Å². The van der Waals surface area contributed by atoms with Gasteiger partial charge in [-0.25, -0.2) is 8.78 Å². The smallest absolute Gasteiger partial charge is 0.288 e. The summed E-state index contributed by atoms with van der Waals surface area (Å²) in [6, 6.07) is 2.53. The largest absolute Gasteiger partial charge is 0.292 e. The lowest BCUT2D eigenvalue weighted by Crippen LogP contribution is -2.41. The van der Waals surface area contributed by atoms with Gasteiger partial charge >= 0.3 is 0 Å².